The molecule has 0 atom stereocenters. The number of hydrogen-bond acceptors (Lipinski definition) is 0. The fraction of sp³-hybridized carbons (Fsp3) is 0.0588. The summed E-state index contributed by atoms with van der Waals surface area (Å²) in [5.41, 5.74) is 17.5. The molecule has 0 radical (unpaired) electrons. The predicted molar refractivity (Wildman–Crippen MR) is 224 cm³/mol. The summed E-state index contributed by atoms with van der Waals surface area (Å²) < 4.78 is 4.97. The standard InChI is InChI=1S/C51H36N2/c1-51(2)45-20-9-6-17-39(45)44-32-36(25-30-46(44)51)35-15-12-16-38(31-35)53-48-22-11-8-19-41(48)43-29-28-42-40-18-7-10-21-47(40)52(49(42)50(43)53)37-26-23-34(24-27-37)33-13-4-3-5-14-33/h3-32H,1-2H3. The van der Waals surface area contributed by atoms with E-state index < -0.39 is 0 Å². The summed E-state index contributed by atoms with van der Waals surface area (Å²) in [4.78, 5) is 0. The zero-order chi connectivity index (χ0) is 35.3. The van der Waals surface area contributed by atoms with E-state index in [0.717, 1.165) is 11.4 Å². The van der Waals surface area contributed by atoms with E-state index in [1.165, 1.54) is 88.1 Å². The lowest BCUT2D eigenvalue weighted by molar-refractivity contribution is 0.660. The second-order valence-corrected chi connectivity index (χ2v) is 15.0. The van der Waals surface area contributed by atoms with Gasteiger partial charge in [-0.05, 0) is 87.0 Å². The molecule has 10 aromatic rings. The SMILES string of the molecule is CC1(C)c2ccccc2-c2cc(-c3cccc(-n4c5ccccc5c5ccc6c7ccccc7n(-c7ccc(-c8ccccc8)cc7)c6c54)c3)ccc21. The molecule has 11 rings (SSSR count). The molecular formula is C51H36N2. The number of fused-ring (bicyclic) bond motifs is 10. The van der Waals surface area contributed by atoms with Crippen molar-refractivity contribution < 1.29 is 0 Å². The highest BCUT2D eigenvalue weighted by molar-refractivity contribution is 6.23. The number of aromatic nitrogens is 2. The molecule has 250 valence electrons. The van der Waals surface area contributed by atoms with Crippen LogP contribution in [-0.2, 0) is 5.41 Å². The van der Waals surface area contributed by atoms with Gasteiger partial charge in [0.15, 0.2) is 0 Å². The van der Waals surface area contributed by atoms with Crippen LogP contribution in [0.1, 0.15) is 25.0 Å². The second kappa shape index (κ2) is 11.2. The number of hydrogen-bond donors (Lipinski definition) is 0. The molecule has 53 heavy (non-hydrogen) atoms. The molecule has 2 aromatic heterocycles. The molecule has 0 saturated heterocycles. The average molecular weight is 677 g/mol. The van der Waals surface area contributed by atoms with Crippen molar-refractivity contribution in [1.29, 1.82) is 0 Å². The maximum Gasteiger partial charge on any atom is 0.0788 e. The molecule has 2 heterocycles. The van der Waals surface area contributed by atoms with E-state index in [4.69, 9.17) is 0 Å². The zero-order valence-electron chi connectivity index (χ0n) is 29.7. The Morgan fingerprint density at radius 2 is 0.868 bits per heavy atom. The fourth-order valence-electron chi connectivity index (χ4n) is 9.19. The van der Waals surface area contributed by atoms with Gasteiger partial charge < -0.3 is 9.13 Å². The van der Waals surface area contributed by atoms with Gasteiger partial charge in [0.05, 0.1) is 22.1 Å². The van der Waals surface area contributed by atoms with Gasteiger partial charge in [-0.2, -0.15) is 0 Å². The fourth-order valence-corrected chi connectivity index (χ4v) is 9.19. The van der Waals surface area contributed by atoms with Crippen LogP contribution < -0.4 is 0 Å². The predicted octanol–water partition coefficient (Wildman–Crippen LogP) is 13.5. The molecule has 1 aliphatic carbocycles. The molecule has 8 aromatic carbocycles. The van der Waals surface area contributed by atoms with E-state index >= 15 is 0 Å². The van der Waals surface area contributed by atoms with E-state index in [2.05, 4.69) is 205 Å². The molecule has 0 N–H and O–H groups in total. The Kier molecular flexibility index (Phi) is 6.33. The molecule has 0 fully saturated rings. The van der Waals surface area contributed by atoms with E-state index in [0.29, 0.717) is 0 Å². The van der Waals surface area contributed by atoms with Crippen LogP contribution in [0.25, 0.3) is 88.4 Å². The first kappa shape index (κ1) is 30.0. The van der Waals surface area contributed by atoms with Crippen molar-refractivity contribution in [2.45, 2.75) is 19.3 Å². The summed E-state index contributed by atoms with van der Waals surface area (Å²) in [6, 6.07) is 67.1. The lowest BCUT2D eigenvalue weighted by atomic mass is 9.82. The molecular weight excluding hydrogens is 641 g/mol. The van der Waals surface area contributed by atoms with Crippen LogP contribution in [0.5, 0.6) is 0 Å². The van der Waals surface area contributed by atoms with E-state index in [1.807, 2.05) is 0 Å². The van der Waals surface area contributed by atoms with Gasteiger partial charge in [-0.3, -0.25) is 0 Å². The Balaban J connectivity index is 1.16. The molecule has 0 amide bonds. The van der Waals surface area contributed by atoms with Crippen molar-refractivity contribution in [3.63, 3.8) is 0 Å². The van der Waals surface area contributed by atoms with Crippen molar-refractivity contribution >= 4 is 43.6 Å². The number of rotatable bonds is 4. The summed E-state index contributed by atoms with van der Waals surface area (Å²) in [6.45, 7) is 4.69. The Hall–Kier alpha value is -6.64. The highest BCUT2D eigenvalue weighted by atomic mass is 15.0. The van der Waals surface area contributed by atoms with Crippen molar-refractivity contribution in [3.8, 4) is 44.8 Å². The monoisotopic (exact) mass is 676 g/mol. The van der Waals surface area contributed by atoms with Gasteiger partial charge in [-0.1, -0.05) is 153 Å². The quantitative estimate of drug-likeness (QED) is 0.176. The minimum absolute atomic E-state index is 0.0129. The molecule has 2 nitrogen and oxygen atoms in total. The molecule has 0 saturated carbocycles. The number of para-hydroxylation sites is 2. The molecule has 0 bridgehead atoms. The Labute approximate surface area is 308 Å². The smallest absolute Gasteiger partial charge is 0.0788 e. The van der Waals surface area contributed by atoms with Crippen LogP contribution >= 0.6 is 0 Å². The topological polar surface area (TPSA) is 9.86 Å². The van der Waals surface area contributed by atoms with Crippen LogP contribution in [0.15, 0.2) is 182 Å². The van der Waals surface area contributed by atoms with Crippen LogP contribution in [-0.4, -0.2) is 9.13 Å². The van der Waals surface area contributed by atoms with Crippen molar-refractivity contribution in [2.75, 3.05) is 0 Å². The van der Waals surface area contributed by atoms with Crippen LogP contribution in [0.4, 0.5) is 0 Å². The maximum absolute atomic E-state index is 2.50. The van der Waals surface area contributed by atoms with E-state index in [-0.39, 0.29) is 5.41 Å². The van der Waals surface area contributed by atoms with Gasteiger partial charge in [-0.25, -0.2) is 0 Å². The first-order valence-electron chi connectivity index (χ1n) is 18.5. The first-order valence-corrected chi connectivity index (χ1v) is 18.5. The van der Waals surface area contributed by atoms with Gasteiger partial charge in [0, 0.05) is 38.3 Å². The summed E-state index contributed by atoms with van der Waals surface area (Å²) in [5.74, 6) is 0. The Morgan fingerprint density at radius 1 is 0.340 bits per heavy atom. The van der Waals surface area contributed by atoms with Gasteiger partial charge in [0.2, 0.25) is 0 Å². The third-order valence-corrected chi connectivity index (χ3v) is 11.7. The van der Waals surface area contributed by atoms with Crippen molar-refractivity contribution in [3.05, 3.63) is 193 Å². The van der Waals surface area contributed by atoms with Crippen LogP contribution in [0.3, 0.4) is 0 Å². The summed E-state index contributed by atoms with van der Waals surface area (Å²) in [7, 11) is 0. The minimum atomic E-state index is -0.0129. The van der Waals surface area contributed by atoms with Gasteiger partial charge >= 0.3 is 0 Å². The van der Waals surface area contributed by atoms with Gasteiger partial charge in [0.25, 0.3) is 0 Å². The van der Waals surface area contributed by atoms with Crippen molar-refractivity contribution in [1.82, 2.24) is 9.13 Å². The highest BCUT2D eigenvalue weighted by Gasteiger charge is 2.35. The average Bonchev–Trinajstić information content (AvgIpc) is 3.82. The lowest BCUT2D eigenvalue weighted by Crippen LogP contribution is -2.14. The number of nitrogens with zero attached hydrogens (tertiary/aromatic N) is 2. The Morgan fingerprint density at radius 3 is 1.58 bits per heavy atom. The normalized spacial score (nSPS) is 13.2. The molecule has 2 heteroatoms. The lowest BCUT2D eigenvalue weighted by Gasteiger charge is -2.21. The van der Waals surface area contributed by atoms with Crippen molar-refractivity contribution in [2.24, 2.45) is 0 Å². The first-order chi connectivity index (χ1) is 26.1. The van der Waals surface area contributed by atoms with E-state index in [9.17, 15) is 0 Å². The zero-order valence-corrected chi connectivity index (χ0v) is 29.7. The molecule has 0 spiro atoms. The second-order valence-electron chi connectivity index (χ2n) is 15.0. The molecule has 0 aliphatic heterocycles. The van der Waals surface area contributed by atoms with Crippen LogP contribution in [0.2, 0.25) is 0 Å². The third-order valence-electron chi connectivity index (χ3n) is 11.7. The summed E-state index contributed by atoms with van der Waals surface area (Å²) in [5, 5.41) is 5.01. The largest absolute Gasteiger partial charge is 0.307 e. The minimum Gasteiger partial charge on any atom is -0.307 e. The van der Waals surface area contributed by atoms with Gasteiger partial charge in [0.1, 0.15) is 0 Å². The van der Waals surface area contributed by atoms with Gasteiger partial charge in [-0.15, -0.1) is 0 Å². The summed E-state index contributed by atoms with van der Waals surface area (Å²) >= 11 is 0. The Bertz CT molecular complexity index is 3060. The van der Waals surface area contributed by atoms with Crippen LogP contribution in [0, 0.1) is 0 Å². The highest BCUT2D eigenvalue weighted by Crippen LogP contribution is 2.50. The molecule has 0 unspecified atom stereocenters. The molecule has 1 aliphatic rings. The van der Waals surface area contributed by atoms with E-state index in [1.54, 1.807) is 0 Å². The third kappa shape index (κ3) is 4.33. The maximum atomic E-state index is 2.50. The summed E-state index contributed by atoms with van der Waals surface area (Å²) in [6.07, 6.45) is 0. The number of benzene rings is 8.